The number of allylic oxidation sites excluding steroid dienone is 1. The minimum Gasteiger partial charge on any atom is -0.462 e. The van der Waals surface area contributed by atoms with Crippen molar-refractivity contribution in [2.24, 2.45) is 34.5 Å². The van der Waals surface area contributed by atoms with Gasteiger partial charge in [0.2, 0.25) is 0 Å². The van der Waals surface area contributed by atoms with Gasteiger partial charge < -0.3 is 9.47 Å². The summed E-state index contributed by atoms with van der Waals surface area (Å²) >= 11 is 11.4. The van der Waals surface area contributed by atoms with Crippen LogP contribution in [0.3, 0.4) is 0 Å². The van der Waals surface area contributed by atoms with Crippen molar-refractivity contribution < 1.29 is 14.3 Å². The molecule has 0 heterocycles. The summed E-state index contributed by atoms with van der Waals surface area (Å²) in [7, 11) is 1.86. The van der Waals surface area contributed by atoms with Gasteiger partial charge in [0.15, 0.2) is 0 Å². The van der Waals surface area contributed by atoms with E-state index in [4.69, 9.17) is 33.7 Å². The van der Waals surface area contributed by atoms with Crippen LogP contribution in [-0.4, -0.2) is 36.4 Å². The molecule has 146 valence electrons. The first-order chi connectivity index (χ1) is 12.3. The van der Waals surface area contributed by atoms with Crippen LogP contribution in [0.2, 0.25) is 0 Å². The summed E-state index contributed by atoms with van der Waals surface area (Å²) in [5, 5.41) is 0.265. The van der Waals surface area contributed by atoms with E-state index in [1.807, 2.05) is 7.11 Å². The molecule has 5 unspecified atom stereocenters. The quantitative estimate of drug-likeness (QED) is 0.329. The van der Waals surface area contributed by atoms with Gasteiger partial charge >= 0.3 is 0 Å². The summed E-state index contributed by atoms with van der Waals surface area (Å²) in [6.07, 6.45) is 10.2. The summed E-state index contributed by atoms with van der Waals surface area (Å²) in [5.41, 5.74) is 0.171. The first kappa shape index (κ1) is 19.1. The Morgan fingerprint density at radius 3 is 2.69 bits per heavy atom. The Kier molecular flexibility index (Phi) is 4.93. The van der Waals surface area contributed by atoms with Gasteiger partial charge in [-0.05, 0) is 61.2 Å². The molecular weight excluding hydrogens is 368 g/mol. The number of hydrogen-bond donors (Lipinski definition) is 1. The molecule has 3 nitrogen and oxygen atoms in total. The molecule has 0 bridgehead atoms. The molecule has 0 saturated heterocycles. The average Bonchev–Trinajstić information content (AvgIpc) is 2.86. The third-order valence-electron chi connectivity index (χ3n) is 8.56. The molecule has 26 heavy (non-hydrogen) atoms. The summed E-state index contributed by atoms with van der Waals surface area (Å²) in [6, 6.07) is 0. The van der Waals surface area contributed by atoms with Gasteiger partial charge in [0.05, 0.1) is 11.5 Å². The van der Waals surface area contributed by atoms with Crippen LogP contribution in [-0.2, 0) is 14.3 Å². The Morgan fingerprint density at radius 2 is 2.00 bits per heavy atom. The van der Waals surface area contributed by atoms with Crippen molar-refractivity contribution in [2.45, 2.75) is 68.8 Å². The topological polar surface area (TPSA) is 35.5 Å². The predicted octanol–water partition coefficient (Wildman–Crippen LogP) is 4.49. The van der Waals surface area contributed by atoms with E-state index in [9.17, 15) is 4.79 Å². The average molecular weight is 399 g/mol. The number of thiol groups is 1. The Hall–Kier alpha value is -0.190. The third-order valence-corrected chi connectivity index (χ3v) is 9.35. The zero-order valence-corrected chi connectivity index (χ0v) is 17.6. The Morgan fingerprint density at radius 1 is 1.23 bits per heavy atom. The number of rotatable bonds is 3. The summed E-state index contributed by atoms with van der Waals surface area (Å²) in [5.74, 6) is 2.14. The fourth-order valence-corrected chi connectivity index (χ4v) is 8.09. The van der Waals surface area contributed by atoms with Crippen LogP contribution in [0.4, 0.5) is 0 Å². The smallest absolute Gasteiger partial charge is 0.293 e. The van der Waals surface area contributed by atoms with Gasteiger partial charge in [-0.3, -0.25) is 4.79 Å². The lowest BCUT2D eigenvalue weighted by Crippen LogP contribution is -2.58. The second-order valence-corrected chi connectivity index (χ2v) is 10.7. The van der Waals surface area contributed by atoms with Crippen LogP contribution in [0, 0.1) is 34.5 Å². The highest BCUT2D eigenvalue weighted by Gasteiger charge is 2.64. The molecule has 4 rings (SSSR count). The molecular formula is C21H31ClO3S. The van der Waals surface area contributed by atoms with Gasteiger partial charge in [-0.1, -0.05) is 26.0 Å². The lowest BCUT2D eigenvalue weighted by atomic mass is 9.45. The normalized spacial score (nSPS) is 55.6. The maximum Gasteiger partial charge on any atom is 0.293 e. The molecule has 0 aliphatic heterocycles. The van der Waals surface area contributed by atoms with E-state index in [1.165, 1.54) is 0 Å². The van der Waals surface area contributed by atoms with E-state index >= 15 is 0 Å². The summed E-state index contributed by atoms with van der Waals surface area (Å²) in [6.45, 7) is 5.32. The van der Waals surface area contributed by atoms with Crippen LogP contribution >= 0.6 is 24.2 Å². The molecule has 0 aromatic carbocycles. The minimum absolute atomic E-state index is 0.0427. The second-order valence-electron chi connectivity index (χ2n) is 9.47. The number of carbonyl (C=O) groups excluding carboxylic acids is 1. The van der Waals surface area contributed by atoms with E-state index in [-0.39, 0.29) is 28.4 Å². The zero-order chi connectivity index (χ0) is 18.7. The standard InChI is InChI=1S/C21H31ClO3S/c1-20-6-4-13(26)8-12(20)9-17(24-3)18-14(20)5-7-21(2)15(18)10-16(22)19(21)25-11-23/h4,6,11-19,26H,5,7-10H2,1-3H3/t12?,13-,14?,15?,16+,17-,18?,19?,20-,21-/m0/s1. The molecule has 0 aromatic rings. The number of halogens is 1. The van der Waals surface area contributed by atoms with Crippen molar-refractivity contribution in [3.05, 3.63) is 12.2 Å². The van der Waals surface area contributed by atoms with Crippen molar-refractivity contribution in [2.75, 3.05) is 7.11 Å². The monoisotopic (exact) mass is 398 g/mol. The van der Waals surface area contributed by atoms with Gasteiger partial charge in [0.1, 0.15) is 6.10 Å². The van der Waals surface area contributed by atoms with Crippen LogP contribution in [0.5, 0.6) is 0 Å². The van der Waals surface area contributed by atoms with Crippen molar-refractivity contribution in [1.82, 2.24) is 0 Å². The highest BCUT2D eigenvalue weighted by Crippen LogP contribution is 2.66. The molecule has 0 N–H and O–H groups in total. The Bertz CT molecular complexity index is 598. The van der Waals surface area contributed by atoms with E-state index in [1.54, 1.807) is 0 Å². The number of fused-ring (bicyclic) bond motifs is 5. The van der Waals surface area contributed by atoms with Gasteiger partial charge in [-0.2, -0.15) is 12.6 Å². The first-order valence-electron chi connectivity index (χ1n) is 9.98. The van der Waals surface area contributed by atoms with Crippen molar-refractivity contribution in [1.29, 1.82) is 0 Å². The van der Waals surface area contributed by atoms with Gasteiger partial charge in [-0.15, -0.1) is 11.6 Å². The van der Waals surface area contributed by atoms with Crippen molar-refractivity contribution >= 4 is 30.7 Å². The SMILES string of the molecule is CO[C@H]1CC2C[C@@H](S)C=C[C@]2(C)C2CC[C@@]3(C)C(C[C@@H](Cl)C3OC=O)C21. The number of hydrogen-bond acceptors (Lipinski definition) is 4. The van der Waals surface area contributed by atoms with Crippen LogP contribution in [0.1, 0.15) is 46.0 Å². The summed E-state index contributed by atoms with van der Waals surface area (Å²) in [4.78, 5) is 11.1. The summed E-state index contributed by atoms with van der Waals surface area (Å²) < 4.78 is 11.6. The predicted molar refractivity (Wildman–Crippen MR) is 107 cm³/mol. The molecule has 0 spiro atoms. The van der Waals surface area contributed by atoms with Crippen molar-refractivity contribution in [3.8, 4) is 0 Å². The van der Waals surface area contributed by atoms with Crippen LogP contribution in [0.15, 0.2) is 12.2 Å². The third kappa shape index (κ3) is 2.62. The fraction of sp³-hybridized carbons (Fsp3) is 0.857. The lowest BCUT2D eigenvalue weighted by Gasteiger charge is -2.61. The van der Waals surface area contributed by atoms with E-state index in [0.717, 1.165) is 32.1 Å². The molecule has 5 heteroatoms. The molecule has 0 radical (unpaired) electrons. The largest absolute Gasteiger partial charge is 0.462 e. The molecule has 10 atom stereocenters. The number of methoxy groups -OCH3 is 1. The minimum atomic E-state index is -0.181. The van der Waals surface area contributed by atoms with E-state index in [0.29, 0.717) is 35.4 Å². The van der Waals surface area contributed by atoms with Crippen LogP contribution in [0.25, 0.3) is 0 Å². The number of carbonyl (C=O) groups is 1. The molecule has 4 aliphatic carbocycles. The fourth-order valence-electron chi connectivity index (χ4n) is 7.21. The van der Waals surface area contributed by atoms with E-state index in [2.05, 4.69) is 26.0 Å². The second kappa shape index (κ2) is 6.70. The maximum absolute atomic E-state index is 11.1. The molecule has 3 fully saturated rings. The Balaban J connectivity index is 1.72. The molecule has 0 amide bonds. The highest BCUT2D eigenvalue weighted by molar-refractivity contribution is 7.81. The number of ether oxygens (including phenoxy) is 2. The zero-order valence-electron chi connectivity index (χ0n) is 15.9. The Labute approximate surface area is 167 Å². The highest BCUT2D eigenvalue weighted by atomic mass is 35.5. The lowest BCUT2D eigenvalue weighted by molar-refractivity contribution is -0.165. The molecule has 4 aliphatic rings. The van der Waals surface area contributed by atoms with Gasteiger partial charge in [0.25, 0.3) is 6.47 Å². The van der Waals surface area contributed by atoms with Gasteiger partial charge in [-0.25, -0.2) is 0 Å². The van der Waals surface area contributed by atoms with E-state index < -0.39 is 0 Å². The maximum atomic E-state index is 11.1. The molecule has 3 saturated carbocycles. The van der Waals surface area contributed by atoms with Crippen molar-refractivity contribution in [3.63, 3.8) is 0 Å². The molecule has 0 aromatic heterocycles. The number of alkyl halides is 1. The van der Waals surface area contributed by atoms with Gasteiger partial charge in [0, 0.05) is 17.8 Å². The first-order valence-corrected chi connectivity index (χ1v) is 10.9. The van der Waals surface area contributed by atoms with Crippen LogP contribution < -0.4 is 0 Å².